The molecule has 14 heteroatoms. The van der Waals surface area contributed by atoms with Crippen LogP contribution in [0.5, 0.6) is 23.0 Å². The largest absolute Gasteiger partial charge is 0.504 e. The summed E-state index contributed by atoms with van der Waals surface area (Å²) in [6, 6.07) is 2.66. The number of phenols is 1. The van der Waals surface area contributed by atoms with Gasteiger partial charge in [0.1, 0.15) is 23.8 Å². The summed E-state index contributed by atoms with van der Waals surface area (Å²) >= 11 is 0. The highest BCUT2D eigenvalue weighted by molar-refractivity contribution is 6.40. The lowest BCUT2D eigenvalue weighted by molar-refractivity contribution is -0.148. The van der Waals surface area contributed by atoms with E-state index in [2.05, 4.69) is 10.6 Å². The fourth-order valence-corrected chi connectivity index (χ4v) is 7.18. The number of nitrogens with one attached hydrogen (secondary N) is 2. The number of benzene rings is 5. The van der Waals surface area contributed by atoms with Gasteiger partial charge in [-0.15, -0.1) is 0 Å². The molecule has 0 saturated carbocycles. The van der Waals surface area contributed by atoms with Gasteiger partial charge in [-0.05, 0) is 19.2 Å². The first kappa shape index (κ1) is 32.7. The van der Waals surface area contributed by atoms with Gasteiger partial charge in [0.15, 0.2) is 16.9 Å². The molecule has 1 unspecified atom stereocenters. The highest BCUT2D eigenvalue weighted by Gasteiger charge is 2.37. The number of fused-ring (bicyclic) bond motifs is 1. The first-order valence-electron chi connectivity index (χ1n) is 15.0. The number of hydrogen-bond donors (Lipinski definition) is 5. The lowest BCUT2D eigenvalue weighted by Gasteiger charge is -2.25. The summed E-state index contributed by atoms with van der Waals surface area (Å²) < 4.78 is 17.3. The number of anilines is 2. The van der Waals surface area contributed by atoms with E-state index in [-0.39, 0.29) is 84.4 Å². The fraction of sp³-hybridized carbons (Fsp3) is 0.257. The molecule has 0 amide bonds. The molecule has 1 aliphatic carbocycles. The van der Waals surface area contributed by atoms with Crippen LogP contribution in [0.4, 0.5) is 11.4 Å². The molecule has 1 aliphatic rings. The van der Waals surface area contributed by atoms with Gasteiger partial charge in [-0.3, -0.25) is 24.0 Å². The topological polar surface area (TPSA) is 215 Å². The number of Topliss-reactive ketones (excluding diaryl/α,β-unsaturated/α-hetero) is 2. The molecule has 0 heterocycles. The number of carbonyl (C=O) groups is 4. The van der Waals surface area contributed by atoms with Crippen LogP contribution in [0.25, 0.3) is 49.2 Å². The van der Waals surface area contributed by atoms with Crippen LogP contribution in [0.3, 0.4) is 0 Å². The van der Waals surface area contributed by atoms with Crippen LogP contribution < -0.4 is 35.7 Å². The summed E-state index contributed by atoms with van der Waals surface area (Å²) in [5, 5.41) is 37.7. The number of ketones is 2. The smallest absolute Gasteiger partial charge is 0.372 e. The number of aliphatic carboxylic acids is 2. The molecule has 1 atom stereocenters. The second kappa shape index (κ2) is 11.8. The van der Waals surface area contributed by atoms with Crippen LogP contribution in [0.15, 0.2) is 27.3 Å². The van der Waals surface area contributed by atoms with E-state index in [4.69, 9.17) is 19.3 Å². The molecule has 0 saturated heterocycles. The van der Waals surface area contributed by atoms with Gasteiger partial charge < -0.3 is 40.2 Å². The molecule has 5 aromatic rings. The SMILES string of the molecule is COc1c(O)c2c(=O)cc(OC)c3c4c(OC)cc(NCCC(=O)C(=O)O)c5c(=O)c(NCC(=O)O)c6c(c(c1C(C(C)=O)C(C)=C6)c23)c54. The van der Waals surface area contributed by atoms with E-state index in [0.717, 1.165) is 0 Å². The van der Waals surface area contributed by atoms with Crippen molar-refractivity contribution in [3.63, 3.8) is 0 Å². The summed E-state index contributed by atoms with van der Waals surface area (Å²) in [6.45, 7) is 2.16. The van der Waals surface area contributed by atoms with Crippen molar-refractivity contribution in [2.75, 3.05) is 45.1 Å². The maximum Gasteiger partial charge on any atom is 0.372 e. The van der Waals surface area contributed by atoms with Gasteiger partial charge in [-0.1, -0.05) is 11.6 Å². The fourth-order valence-electron chi connectivity index (χ4n) is 7.18. The monoisotopic (exact) mass is 670 g/mol. The zero-order valence-corrected chi connectivity index (χ0v) is 26.9. The van der Waals surface area contributed by atoms with Crippen molar-refractivity contribution < 1.29 is 48.7 Å². The van der Waals surface area contributed by atoms with Gasteiger partial charge in [-0.25, -0.2) is 4.79 Å². The summed E-state index contributed by atoms with van der Waals surface area (Å²) in [5.41, 5.74) is -0.381. The van der Waals surface area contributed by atoms with Gasteiger partial charge in [0.05, 0.1) is 43.7 Å². The van der Waals surface area contributed by atoms with Gasteiger partial charge in [-0.2, -0.15) is 0 Å². The van der Waals surface area contributed by atoms with Crippen LogP contribution >= 0.6 is 0 Å². The zero-order valence-electron chi connectivity index (χ0n) is 26.9. The van der Waals surface area contributed by atoms with E-state index in [1.165, 1.54) is 40.4 Å². The number of carboxylic acid groups (broad SMARTS) is 2. The van der Waals surface area contributed by atoms with Gasteiger partial charge in [0, 0.05) is 68.8 Å². The second-order valence-electron chi connectivity index (χ2n) is 11.7. The van der Waals surface area contributed by atoms with Gasteiger partial charge in [0.2, 0.25) is 11.2 Å². The molecule has 0 spiro atoms. The summed E-state index contributed by atoms with van der Waals surface area (Å²) in [6.07, 6.45) is 1.18. The Labute approximate surface area is 276 Å². The maximum absolute atomic E-state index is 14.6. The molecule has 5 N–H and O–H groups in total. The van der Waals surface area contributed by atoms with Crippen molar-refractivity contribution in [2.45, 2.75) is 26.2 Å². The molecule has 0 fully saturated rings. The third kappa shape index (κ3) is 4.70. The predicted molar refractivity (Wildman–Crippen MR) is 182 cm³/mol. The van der Waals surface area contributed by atoms with Gasteiger partial charge >= 0.3 is 11.9 Å². The average Bonchev–Trinajstić information content (AvgIpc) is 3.18. The van der Waals surface area contributed by atoms with Gasteiger partial charge in [0.25, 0.3) is 0 Å². The van der Waals surface area contributed by atoms with E-state index in [1.807, 2.05) is 0 Å². The molecular formula is C35H30N2O12. The van der Waals surface area contributed by atoms with Crippen molar-refractivity contribution in [2.24, 2.45) is 0 Å². The standard InChI is InChI=1S/C35H30N2O12/c1-12-8-14-22-27-23(32(43)31(14)37-11-20(41)42)15(36-7-6-16(39)35(45)46)9-18(47-3)25(27)26-19(48-4)10-17(40)24-29(26)28(22)30(21(12)13(2)38)34(49-5)33(24)44/h8-10,21,36-37,44H,6-7,11H2,1-5H3,(H,41,42)(H,45,46). The van der Waals surface area contributed by atoms with Crippen LogP contribution in [0.2, 0.25) is 0 Å². The van der Waals surface area contributed by atoms with Crippen LogP contribution in [0.1, 0.15) is 37.3 Å². The summed E-state index contributed by atoms with van der Waals surface area (Å²) in [4.78, 5) is 76.8. The Hall–Kier alpha value is -6.18. The predicted octanol–water partition coefficient (Wildman–Crippen LogP) is 3.67. The number of carboxylic acids is 2. The number of carbonyl (C=O) groups excluding carboxylic acids is 2. The lowest BCUT2D eigenvalue weighted by atomic mass is 9.80. The number of aromatic hydroxyl groups is 1. The molecule has 252 valence electrons. The molecule has 14 nitrogen and oxygen atoms in total. The Morgan fingerprint density at radius 1 is 0.816 bits per heavy atom. The summed E-state index contributed by atoms with van der Waals surface area (Å²) in [5.74, 6) is -5.70. The molecule has 5 aromatic carbocycles. The molecule has 0 aliphatic heterocycles. The highest BCUT2D eigenvalue weighted by Crippen LogP contribution is 2.57. The van der Waals surface area contributed by atoms with Crippen molar-refractivity contribution >= 4 is 84.0 Å². The Morgan fingerprint density at radius 2 is 1.45 bits per heavy atom. The van der Waals surface area contributed by atoms with E-state index >= 15 is 0 Å². The minimum absolute atomic E-state index is 0.0163. The zero-order chi connectivity index (χ0) is 35.6. The Balaban J connectivity index is 1.99. The molecular weight excluding hydrogens is 640 g/mol. The quantitative estimate of drug-likeness (QED) is 0.0728. The maximum atomic E-state index is 14.6. The average molecular weight is 671 g/mol. The van der Waals surface area contributed by atoms with Crippen molar-refractivity contribution in [3.8, 4) is 23.0 Å². The number of rotatable bonds is 12. The molecule has 0 radical (unpaired) electrons. The minimum Gasteiger partial charge on any atom is -0.504 e. The minimum atomic E-state index is -1.62. The Bertz CT molecular complexity index is 2450. The third-order valence-corrected chi connectivity index (χ3v) is 8.99. The number of ether oxygens (including phenoxy) is 3. The number of phenolic OH excluding ortho intramolecular Hbond substituents is 1. The van der Waals surface area contributed by atoms with Crippen molar-refractivity contribution in [3.05, 3.63) is 49.3 Å². The Kier molecular flexibility index (Phi) is 7.89. The molecule has 6 rings (SSSR count). The number of hydrogen-bond acceptors (Lipinski definition) is 12. The van der Waals surface area contributed by atoms with E-state index in [0.29, 0.717) is 16.3 Å². The normalized spacial score (nSPS) is 13.9. The number of methoxy groups -OCH3 is 3. The van der Waals surface area contributed by atoms with Crippen molar-refractivity contribution in [1.29, 1.82) is 0 Å². The third-order valence-electron chi connectivity index (χ3n) is 8.99. The highest BCUT2D eigenvalue weighted by atomic mass is 16.5. The second-order valence-corrected chi connectivity index (χ2v) is 11.7. The molecule has 0 bridgehead atoms. The number of allylic oxidation sites excluding steroid dienone is 1. The Morgan fingerprint density at radius 3 is 2.02 bits per heavy atom. The molecule has 0 aromatic heterocycles. The van der Waals surface area contributed by atoms with E-state index in [9.17, 15) is 39.0 Å². The molecule has 49 heavy (non-hydrogen) atoms. The summed E-state index contributed by atoms with van der Waals surface area (Å²) in [7, 11) is 4.02. The van der Waals surface area contributed by atoms with Crippen LogP contribution in [-0.4, -0.2) is 73.2 Å². The lowest BCUT2D eigenvalue weighted by Crippen LogP contribution is -2.21. The first-order chi connectivity index (χ1) is 23.3. The van der Waals surface area contributed by atoms with Crippen molar-refractivity contribution in [1.82, 2.24) is 0 Å². The van der Waals surface area contributed by atoms with E-state index in [1.54, 1.807) is 13.0 Å². The van der Waals surface area contributed by atoms with Crippen LogP contribution in [0, 0.1) is 0 Å². The first-order valence-corrected chi connectivity index (χ1v) is 15.0. The van der Waals surface area contributed by atoms with Crippen LogP contribution in [-0.2, 0) is 19.2 Å². The van der Waals surface area contributed by atoms with E-state index < -0.39 is 53.2 Å².